The fraction of sp³-hybridized carbons (Fsp3) is 0.312. The summed E-state index contributed by atoms with van der Waals surface area (Å²) in [5.41, 5.74) is 0.0978. The van der Waals surface area contributed by atoms with E-state index in [1.54, 1.807) is 12.1 Å². The van der Waals surface area contributed by atoms with Gasteiger partial charge in [-0.25, -0.2) is 18.7 Å². The number of benzene rings is 3. The fourth-order valence-electron chi connectivity index (χ4n) is 4.82. The van der Waals surface area contributed by atoms with E-state index in [0.717, 1.165) is 6.07 Å². The van der Waals surface area contributed by atoms with Crippen molar-refractivity contribution < 1.29 is 42.1 Å². The van der Waals surface area contributed by atoms with Crippen molar-refractivity contribution in [2.45, 2.75) is 19.3 Å². The zero-order valence-corrected chi connectivity index (χ0v) is 23.6. The molecule has 2 heterocycles. The molecule has 1 aliphatic carbocycles. The lowest BCUT2D eigenvalue weighted by Crippen LogP contribution is -2.32. The van der Waals surface area contributed by atoms with Gasteiger partial charge in [-0.2, -0.15) is 0 Å². The third-order valence-electron chi connectivity index (χ3n) is 7.40. The number of carbonyl (C=O) groups excluding carboxylic acids is 2. The zero-order chi connectivity index (χ0) is 30.5. The van der Waals surface area contributed by atoms with E-state index in [1.165, 1.54) is 42.7 Å². The predicted octanol–water partition coefficient (Wildman–Crippen LogP) is 5.04. The number of ether oxygens (including phenoxy) is 5. The summed E-state index contributed by atoms with van der Waals surface area (Å²) < 4.78 is 57.0. The molecular formula is C32H29F2N3O7. The Hall–Kier alpha value is -4.68. The molecule has 44 heavy (non-hydrogen) atoms. The highest BCUT2D eigenvalue weighted by Gasteiger charge is 2.55. The number of amides is 1. The molecule has 1 aliphatic heterocycles. The number of hydrogen-bond acceptors (Lipinski definition) is 9. The van der Waals surface area contributed by atoms with Crippen molar-refractivity contribution in [3.8, 4) is 23.1 Å². The molecule has 0 atom stereocenters. The van der Waals surface area contributed by atoms with Gasteiger partial charge in [0.25, 0.3) is 0 Å². The first-order valence-electron chi connectivity index (χ1n) is 14.2. The molecule has 2 aliphatic rings. The van der Waals surface area contributed by atoms with Gasteiger partial charge in [0.05, 0.1) is 37.3 Å². The maximum Gasteiger partial charge on any atom is 0.238 e. The molecule has 0 saturated heterocycles. The quantitative estimate of drug-likeness (QED) is 0.289. The summed E-state index contributed by atoms with van der Waals surface area (Å²) in [5.74, 6) is -1.09. The molecule has 10 nitrogen and oxygen atoms in total. The Labute approximate surface area is 251 Å². The second-order valence-corrected chi connectivity index (χ2v) is 10.4. The summed E-state index contributed by atoms with van der Waals surface area (Å²) in [6.45, 7) is 2.21. The lowest BCUT2D eigenvalue weighted by atomic mass is 9.94. The average molecular weight is 606 g/mol. The molecule has 228 valence electrons. The van der Waals surface area contributed by atoms with E-state index in [9.17, 15) is 14.0 Å². The summed E-state index contributed by atoms with van der Waals surface area (Å²) in [4.78, 5) is 34.5. The highest BCUT2D eigenvalue weighted by Crippen LogP contribution is 2.48. The lowest BCUT2D eigenvalue weighted by molar-refractivity contribution is -0.132. The van der Waals surface area contributed by atoms with Crippen molar-refractivity contribution in [3.63, 3.8) is 0 Å². The van der Waals surface area contributed by atoms with Gasteiger partial charge in [0, 0.05) is 24.2 Å². The molecule has 0 bridgehead atoms. The fourth-order valence-corrected chi connectivity index (χ4v) is 4.82. The van der Waals surface area contributed by atoms with Gasteiger partial charge in [-0.15, -0.1) is 0 Å². The monoisotopic (exact) mass is 605 g/mol. The number of aromatic nitrogens is 2. The van der Waals surface area contributed by atoms with E-state index >= 15 is 4.39 Å². The van der Waals surface area contributed by atoms with Crippen molar-refractivity contribution in [1.29, 1.82) is 0 Å². The van der Waals surface area contributed by atoms with E-state index < -0.39 is 23.0 Å². The summed E-state index contributed by atoms with van der Waals surface area (Å²) >= 11 is 0. The van der Waals surface area contributed by atoms with E-state index in [2.05, 4.69) is 15.3 Å². The topological polar surface area (TPSA) is 118 Å². The number of rotatable bonds is 7. The minimum absolute atomic E-state index is 0.00426. The van der Waals surface area contributed by atoms with E-state index in [0.29, 0.717) is 73.8 Å². The van der Waals surface area contributed by atoms with Crippen LogP contribution in [0.1, 0.15) is 18.4 Å². The molecule has 3 aromatic carbocycles. The molecule has 1 aromatic heterocycles. The minimum atomic E-state index is -1.18. The smallest absolute Gasteiger partial charge is 0.238 e. The van der Waals surface area contributed by atoms with Gasteiger partial charge in [0.15, 0.2) is 28.8 Å². The van der Waals surface area contributed by atoms with E-state index in [-0.39, 0.29) is 36.1 Å². The SMILES string of the molecule is O=C(Cc1ccc(F)cc1)C1(C(=O)Nc2ccc(Oc3ncnc4cc5c(cc34)OCCOCCOCCO5)c(F)c2)CC1. The van der Waals surface area contributed by atoms with Crippen molar-refractivity contribution in [2.75, 3.05) is 45.0 Å². The summed E-state index contributed by atoms with van der Waals surface area (Å²) in [6, 6.07) is 12.9. The Morgan fingerprint density at radius 2 is 1.52 bits per heavy atom. The number of ketones is 1. The number of anilines is 1. The van der Waals surface area contributed by atoms with Crippen LogP contribution in [0.2, 0.25) is 0 Å². The van der Waals surface area contributed by atoms with E-state index in [1.807, 2.05) is 0 Å². The standard InChI is InChI=1S/C32H29F2N3O7/c33-21-3-1-20(2-4-21)15-29(38)32(7-8-32)31(39)37-22-5-6-26(24(34)16-22)44-30-23-17-27-28(18-25(23)35-19-36-30)43-14-12-41-10-9-40-11-13-42-27/h1-6,16-19H,7-15H2,(H,37,39). The molecular weight excluding hydrogens is 576 g/mol. The van der Waals surface area contributed by atoms with Crippen LogP contribution in [0, 0.1) is 17.0 Å². The van der Waals surface area contributed by atoms with Crippen LogP contribution in [-0.2, 0) is 25.5 Å². The van der Waals surface area contributed by atoms with Crippen LogP contribution in [0.25, 0.3) is 10.9 Å². The lowest BCUT2D eigenvalue weighted by Gasteiger charge is -2.17. The Kier molecular flexibility index (Phi) is 8.62. The molecule has 12 heteroatoms. The first-order valence-corrected chi connectivity index (χ1v) is 14.2. The van der Waals surface area contributed by atoms with Gasteiger partial charge >= 0.3 is 0 Å². The first kappa shape index (κ1) is 29.4. The summed E-state index contributed by atoms with van der Waals surface area (Å²) in [5, 5.41) is 3.12. The number of nitrogens with one attached hydrogen (secondary N) is 1. The van der Waals surface area contributed by atoms with Crippen molar-refractivity contribution in [3.05, 3.63) is 78.1 Å². The van der Waals surface area contributed by atoms with Gasteiger partial charge in [-0.05, 0) is 48.7 Å². The van der Waals surface area contributed by atoms with Crippen LogP contribution < -0.4 is 19.5 Å². The molecule has 0 radical (unpaired) electrons. The molecule has 1 saturated carbocycles. The largest absolute Gasteiger partial charge is 0.487 e. The van der Waals surface area contributed by atoms with Crippen LogP contribution in [0.5, 0.6) is 23.1 Å². The third kappa shape index (κ3) is 6.61. The van der Waals surface area contributed by atoms with Gasteiger partial charge in [-0.3, -0.25) is 9.59 Å². The maximum atomic E-state index is 15.2. The second kappa shape index (κ2) is 12.9. The molecule has 1 fully saturated rings. The van der Waals surface area contributed by atoms with Crippen molar-refractivity contribution in [2.24, 2.45) is 5.41 Å². The van der Waals surface area contributed by atoms with Crippen molar-refractivity contribution in [1.82, 2.24) is 9.97 Å². The van der Waals surface area contributed by atoms with E-state index in [4.69, 9.17) is 23.7 Å². The highest BCUT2D eigenvalue weighted by atomic mass is 19.1. The highest BCUT2D eigenvalue weighted by molar-refractivity contribution is 6.14. The van der Waals surface area contributed by atoms with Gasteiger partial charge in [0.1, 0.15) is 30.8 Å². The number of nitrogens with zero attached hydrogens (tertiary/aromatic N) is 2. The Balaban J connectivity index is 1.16. The Morgan fingerprint density at radius 3 is 2.20 bits per heavy atom. The normalized spacial score (nSPS) is 16.3. The summed E-state index contributed by atoms with van der Waals surface area (Å²) in [7, 11) is 0. The number of halogens is 2. The van der Waals surface area contributed by atoms with Crippen LogP contribution in [0.4, 0.5) is 14.5 Å². The Morgan fingerprint density at radius 1 is 0.841 bits per heavy atom. The number of fused-ring (bicyclic) bond motifs is 2. The molecule has 6 rings (SSSR count). The number of carbonyl (C=O) groups is 2. The van der Waals surface area contributed by atoms with Gasteiger partial charge in [0.2, 0.25) is 11.8 Å². The zero-order valence-electron chi connectivity index (χ0n) is 23.6. The van der Waals surface area contributed by atoms with Crippen LogP contribution in [-0.4, -0.2) is 61.3 Å². The van der Waals surface area contributed by atoms with Gasteiger partial charge in [-0.1, -0.05) is 12.1 Å². The molecule has 1 N–H and O–H groups in total. The number of Topliss-reactive ketones (excluding diaryl/α,β-unsaturated/α-hetero) is 1. The van der Waals surface area contributed by atoms with Crippen molar-refractivity contribution >= 4 is 28.3 Å². The minimum Gasteiger partial charge on any atom is -0.487 e. The molecule has 0 spiro atoms. The number of hydrogen-bond donors (Lipinski definition) is 1. The molecule has 4 aromatic rings. The first-order chi connectivity index (χ1) is 21.4. The van der Waals surface area contributed by atoms with Crippen LogP contribution >= 0.6 is 0 Å². The summed E-state index contributed by atoms with van der Waals surface area (Å²) in [6.07, 6.45) is 2.08. The van der Waals surface area contributed by atoms with Gasteiger partial charge < -0.3 is 29.0 Å². The molecule has 1 amide bonds. The maximum absolute atomic E-state index is 15.2. The van der Waals surface area contributed by atoms with Crippen LogP contribution in [0.3, 0.4) is 0 Å². The third-order valence-corrected chi connectivity index (χ3v) is 7.40. The second-order valence-electron chi connectivity index (χ2n) is 10.4. The predicted molar refractivity (Wildman–Crippen MR) is 154 cm³/mol. The van der Waals surface area contributed by atoms with Crippen LogP contribution in [0.15, 0.2) is 60.9 Å². The Bertz CT molecular complexity index is 1680. The molecule has 0 unspecified atom stereocenters. The average Bonchev–Trinajstić information content (AvgIpc) is 3.82.